The predicted molar refractivity (Wildman–Crippen MR) is 210 cm³/mol. The molecule has 6 aliphatic rings. The van der Waals surface area contributed by atoms with E-state index in [1.54, 1.807) is 6.42 Å². The molecule has 0 aromatic rings. The average Bonchev–Trinajstić information content (AvgIpc) is 3.09. The molecule has 0 N–H and O–H groups in total. The molecular weight excluding hydrogens is 577 g/mol. The standard InChI is InChI=1S/C48H86/c1-43(2,38-23-12-8-13-24-38)35-44(3,39-25-14-9-15-26-39)36-45(4,40-27-16-10-17-28-40)37-47(6,41-29-18-11-19-30-41)42-31-22-33-46(5)32-20-21-34-48(42,46)7/h38-42H,8-37H2,1-7H3. The van der Waals surface area contributed by atoms with E-state index in [1.807, 2.05) is 0 Å². The van der Waals surface area contributed by atoms with Crippen molar-refractivity contribution in [2.45, 2.75) is 241 Å². The lowest BCUT2D eigenvalue weighted by Crippen LogP contribution is -2.57. The van der Waals surface area contributed by atoms with Gasteiger partial charge in [0.15, 0.2) is 0 Å². The first kappa shape index (κ1) is 37.7. The van der Waals surface area contributed by atoms with Crippen LogP contribution in [0, 0.1) is 62.1 Å². The third-order valence-electron chi connectivity index (χ3n) is 18.7. The van der Waals surface area contributed by atoms with Gasteiger partial charge >= 0.3 is 0 Å². The van der Waals surface area contributed by atoms with Crippen LogP contribution in [0.5, 0.6) is 0 Å². The smallest absolute Gasteiger partial charge is 0.0238 e. The van der Waals surface area contributed by atoms with Gasteiger partial charge in [0.1, 0.15) is 0 Å². The van der Waals surface area contributed by atoms with E-state index in [9.17, 15) is 0 Å². The maximum Gasteiger partial charge on any atom is -0.0238 e. The lowest BCUT2D eigenvalue weighted by atomic mass is 9.39. The molecule has 0 heterocycles. The fourth-order valence-corrected chi connectivity index (χ4v) is 16.1. The Bertz CT molecular complexity index is 995. The van der Waals surface area contributed by atoms with E-state index in [-0.39, 0.29) is 0 Å². The molecule has 48 heavy (non-hydrogen) atoms. The van der Waals surface area contributed by atoms with Crippen LogP contribution in [-0.4, -0.2) is 0 Å². The lowest BCUT2D eigenvalue weighted by molar-refractivity contribution is -0.159. The molecule has 0 nitrogen and oxygen atoms in total. The van der Waals surface area contributed by atoms with Crippen molar-refractivity contribution in [1.82, 2.24) is 0 Å². The molecule has 6 atom stereocenters. The Morgan fingerprint density at radius 2 is 0.812 bits per heavy atom. The number of hydrogen-bond acceptors (Lipinski definition) is 0. The fourth-order valence-electron chi connectivity index (χ4n) is 16.1. The molecule has 0 radical (unpaired) electrons. The second-order valence-corrected chi connectivity index (χ2v) is 22.3. The van der Waals surface area contributed by atoms with Crippen molar-refractivity contribution in [2.24, 2.45) is 62.1 Å². The van der Waals surface area contributed by atoms with Gasteiger partial charge in [0.05, 0.1) is 0 Å². The van der Waals surface area contributed by atoms with Crippen molar-refractivity contribution in [3.63, 3.8) is 0 Å². The number of rotatable bonds is 11. The summed E-state index contributed by atoms with van der Waals surface area (Å²) in [5.41, 5.74) is 3.04. The highest BCUT2D eigenvalue weighted by Gasteiger charge is 2.61. The van der Waals surface area contributed by atoms with Crippen molar-refractivity contribution in [2.75, 3.05) is 0 Å². The monoisotopic (exact) mass is 663 g/mol. The van der Waals surface area contributed by atoms with E-state index in [0.29, 0.717) is 32.5 Å². The molecule has 0 bridgehead atoms. The zero-order chi connectivity index (χ0) is 34.1. The van der Waals surface area contributed by atoms with Crippen molar-refractivity contribution in [1.29, 1.82) is 0 Å². The van der Waals surface area contributed by atoms with Crippen LogP contribution in [0.15, 0.2) is 0 Å². The van der Waals surface area contributed by atoms with Crippen LogP contribution in [0.25, 0.3) is 0 Å². The van der Waals surface area contributed by atoms with Crippen LogP contribution < -0.4 is 0 Å². The van der Waals surface area contributed by atoms with E-state index < -0.39 is 0 Å². The van der Waals surface area contributed by atoms with Gasteiger partial charge in [-0.25, -0.2) is 0 Å². The molecule has 6 unspecified atom stereocenters. The molecular formula is C48H86. The SMILES string of the molecule is CC(C)(CC(C)(CC(C)(CC(C)(C1CCCCC1)C1CCCC2(C)CCCCC12C)C1CCCCC1)C1CCCCC1)C1CCCCC1. The first-order chi connectivity index (χ1) is 22.8. The molecule has 0 aromatic carbocycles. The second kappa shape index (κ2) is 15.2. The van der Waals surface area contributed by atoms with E-state index in [2.05, 4.69) is 48.5 Å². The quantitative estimate of drug-likeness (QED) is 0.206. The van der Waals surface area contributed by atoms with E-state index in [4.69, 9.17) is 0 Å². The van der Waals surface area contributed by atoms with Crippen molar-refractivity contribution in [3.8, 4) is 0 Å². The first-order valence-corrected chi connectivity index (χ1v) is 22.8. The van der Waals surface area contributed by atoms with Gasteiger partial charge in [0.2, 0.25) is 0 Å². The number of fused-ring (bicyclic) bond motifs is 1. The summed E-state index contributed by atoms with van der Waals surface area (Å²) in [6, 6.07) is 0. The van der Waals surface area contributed by atoms with E-state index in [0.717, 1.165) is 29.6 Å². The Labute approximate surface area is 302 Å². The number of hydrogen-bond donors (Lipinski definition) is 0. The summed E-state index contributed by atoms with van der Waals surface area (Å²) in [5, 5.41) is 0. The zero-order valence-corrected chi connectivity index (χ0v) is 34.1. The Morgan fingerprint density at radius 1 is 0.396 bits per heavy atom. The summed E-state index contributed by atoms with van der Waals surface area (Å²) in [7, 11) is 0. The van der Waals surface area contributed by atoms with Gasteiger partial charge in [0.25, 0.3) is 0 Å². The average molecular weight is 663 g/mol. The molecule has 0 spiro atoms. The van der Waals surface area contributed by atoms with Gasteiger partial charge in [0, 0.05) is 0 Å². The molecule has 278 valence electrons. The Hall–Kier alpha value is 0. The highest BCUT2D eigenvalue weighted by atomic mass is 14.7. The zero-order valence-electron chi connectivity index (χ0n) is 34.1. The topological polar surface area (TPSA) is 0 Å². The predicted octanol–water partition coefficient (Wildman–Crippen LogP) is 15.9. The molecule has 0 saturated heterocycles. The lowest BCUT2D eigenvalue weighted by Gasteiger charge is -2.65. The Morgan fingerprint density at radius 3 is 1.33 bits per heavy atom. The van der Waals surface area contributed by atoms with Crippen LogP contribution in [0.4, 0.5) is 0 Å². The molecule has 6 rings (SSSR count). The van der Waals surface area contributed by atoms with Crippen LogP contribution in [0.1, 0.15) is 241 Å². The van der Waals surface area contributed by atoms with Crippen LogP contribution in [0.2, 0.25) is 0 Å². The minimum atomic E-state index is 0.473. The van der Waals surface area contributed by atoms with Gasteiger partial charge < -0.3 is 0 Å². The van der Waals surface area contributed by atoms with E-state index >= 15 is 0 Å². The molecule has 0 aromatic heterocycles. The molecule has 6 fully saturated rings. The molecule has 0 aliphatic heterocycles. The molecule has 6 saturated carbocycles. The summed E-state index contributed by atoms with van der Waals surface area (Å²) in [4.78, 5) is 0. The summed E-state index contributed by atoms with van der Waals surface area (Å²) in [6.07, 6.45) is 45.4. The Balaban J connectivity index is 1.40. The van der Waals surface area contributed by atoms with Gasteiger partial charge in [-0.15, -0.1) is 0 Å². The van der Waals surface area contributed by atoms with Crippen LogP contribution in [0.3, 0.4) is 0 Å². The normalized spacial score (nSPS) is 36.4. The summed E-state index contributed by atoms with van der Waals surface area (Å²) in [6.45, 7) is 20.0. The summed E-state index contributed by atoms with van der Waals surface area (Å²) in [5.74, 6) is 4.74. The maximum absolute atomic E-state index is 2.98. The van der Waals surface area contributed by atoms with Crippen molar-refractivity contribution in [3.05, 3.63) is 0 Å². The van der Waals surface area contributed by atoms with Gasteiger partial charge in [-0.3, -0.25) is 0 Å². The molecule has 0 heteroatoms. The Kier molecular flexibility index (Phi) is 11.9. The molecule has 6 aliphatic carbocycles. The van der Waals surface area contributed by atoms with E-state index in [1.165, 1.54) is 186 Å². The minimum Gasteiger partial charge on any atom is -0.0596 e. The first-order valence-electron chi connectivity index (χ1n) is 22.8. The van der Waals surface area contributed by atoms with Crippen LogP contribution >= 0.6 is 0 Å². The highest BCUT2D eigenvalue weighted by Crippen LogP contribution is 2.70. The summed E-state index contributed by atoms with van der Waals surface area (Å²) < 4.78 is 0. The second-order valence-electron chi connectivity index (χ2n) is 22.3. The van der Waals surface area contributed by atoms with Crippen molar-refractivity contribution < 1.29 is 0 Å². The highest BCUT2D eigenvalue weighted by molar-refractivity contribution is 5.10. The van der Waals surface area contributed by atoms with Gasteiger partial charge in [-0.1, -0.05) is 145 Å². The largest absolute Gasteiger partial charge is 0.0596 e. The van der Waals surface area contributed by atoms with Crippen molar-refractivity contribution >= 4 is 0 Å². The fraction of sp³-hybridized carbons (Fsp3) is 1.00. The molecule has 0 amide bonds. The third-order valence-corrected chi connectivity index (χ3v) is 18.7. The third kappa shape index (κ3) is 7.56. The van der Waals surface area contributed by atoms with Gasteiger partial charge in [-0.05, 0) is 158 Å². The minimum absolute atomic E-state index is 0.473. The van der Waals surface area contributed by atoms with Crippen LogP contribution in [-0.2, 0) is 0 Å². The van der Waals surface area contributed by atoms with Gasteiger partial charge in [-0.2, -0.15) is 0 Å². The summed E-state index contributed by atoms with van der Waals surface area (Å²) >= 11 is 0. The maximum atomic E-state index is 2.98.